The first-order valence-electron chi connectivity index (χ1n) is 9.49. The highest BCUT2D eigenvalue weighted by Gasteiger charge is 2.41. The highest BCUT2D eigenvalue weighted by molar-refractivity contribution is 6.22. The van der Waals surface area contributed by atoms with Crippen LogP contribution < -0.4 is 0 Å². The van der Waals surface area contributed by atoms with Gasteiger partial charge in [0, 0.05) is 13.1 Å². The molecule has 1 heterocycles. The molecule has 156 valence electrons. The smallest absolute Gasteiger partial charge is 0.329 e. The molecule has 0 bridgehead atoms. The summed E-state index contributed by atoms with van der Waals surface area (Å²) in [6.45, 7) is 3.08. The second-order valence-corrected chi connectivity index (χ2v) is 6.85. The molecule has 0 unspecified atom stereocenters. The van der Waals surface area contributed by atoms with E-state index in [0.717, 1.165) is 4.90 Å². The lowest BCUT2D eigenvalue weighted by atomic mass is 10.1. The van der Waals surface area contributed by atoms with Crippen LogP contribution >= 0.6 is 0 Å². The molecule has 1 aliphatic rings. The number of esters is 1. The van der Waals surface area contributed by atoms with E-state index < -0.39 is 42.2 Å². The number of amides is 3. The van der Waals surface area contributed by atoms with Crippen molar-refractivity contribution in [2.75, 3.05) is 13.2 Å². The molecule has 3 rings (SSSR count). The van der Waals surface area contributed by atoms with Crippen molar-refractivity contribution >= 4 is 23.7 Å². The van der Waals surface area contributed by atoms with Crippen LogP contribution in [0.1, 0.15) is 40.1 Å². The molecule has 0 N–H and O–H groups in total. The lowest BCUT2D eigenvalue weighted by Crippen LogP contribution is -2.44. The van der Waals surface area contributed by atoms with Crippen LogP contribution in [0.15, 0.2) is 48.5 Å². The zero-order valence-electron chi connectivity index (χ0n) is 16.6. The number of ether oxygens (including phenoxy) is 1. The Morgan fingerprint density at radius 3 is 2.27 bits per heavy atom. The molecule has 1 atom stereocenters. The molecule has 1 aliphatic heterocycles. The van der Waals surface area contributed by atoms with Gasteiger partial charge in [0.25, 0.3) is 17.7 Å². The number of hydrogen-bond acceptors (Lipinski definition) is 5. The third-order valence-electron chi connectivity index (χ3n) is 4.89. The van der Waals surface area contributed by atoms with Crippen LogP contribution in [0.3, 0.4) is 0 Å². The van der Waals surface area contributed by atoms with Crippen LogP contribution in [-0.2, 0) is 20.9 Å². The summed E-state index contributed by atoms with van der Waals surface area (Å²) in [4.78, 5) is 52.0. The van der Waals surface area contributed by atoms with Gasteiger partial charge < -0.3 is 9.64 Å². The number of hydrogen-bond donors (Lipinski definition) is 0. The predicted octanol–water partition coefficient (Wildman–Crippen LogP) is 2.40. The highest BCUT2D eigenvalue weighted by Crippen LogP contribution is 2.24. The van der Waals surface area contributed by atoms with E-state index in [-0.39, 0.29) is 17.7 Å². The van der Waals surface area contributed by atoms with Gasteiger partial charge >= 0.3 is 5.97 Å². The number of likely N-dealkylation sites (N-methyl/N-ethyl adjacent to an activating group) is 1. The summed E-state index contributed by atoms with van der Waals surface area (Å²) in [5.74, 6) is -2.89. The van der Waals surface area contributed by atoms with Gasteiger partial charge in [0.05, 0.1) is 11.1 Å². The molecule has 8 heteroatoms. The number of halogens is 1. The highest BCUT2D eigenvalue weighted by atomic mass is 19.1. The molecule has 0 aromatic heterocycles. The maximum Gasteiger partial charge on any atom is 0.329 e. The van der Waals surface area contributed by atoms with Crippen LogP contribution in [-0.4, -0.2) is 52.7 Å². The van der Waals surface area contributed by atoms with Crippen LogP contribution in [0.2, 0.25) is 0 Å². The van der Waals surface area contributed by atoms with Crippen molar-refractivity contribution in [1.82, 2.24) is 9.80 Å². The van der Waals surface area contributed by atoms with Gasteiger partial charge in [-0.25, -0.2) is 9.18 Å². The standard InChI is InChI=1S/C22H21FN2O5/c1-3-24(12-15-7-6-8-16(23)11-15)19(26)13-30-22(29)14(2)25-20(27)17-9-4-5-10-18(17)21(25)28/h4-11,14H,3,12-13H2,1-2H3/t14-/m1/s1. The summed E-state index contributed by atoms with van der Waals surface area (Å²) >= 11 is 0. The van der Waals surface area contributed by atoms with Gasteiger partial charge in [0.2, 0.25) is 0 Å². The lowest BCUT2D eigenvalue weighted by molar-refractivity contribution is -0.155. The molecule has 2 aromatic carbocycles. The molecule has 30 heavy (non-hydrogen) atoms. The topological polar surface area (TPSA) is 84.0 Å². The first-order valence-corrected chi connectivity index (χ1v) is 9.49. The molecule has 0 aliphatic carbocycles. The van der Waals surface area contributed by atoms with E-state index in [4.69, 9.17) is 4.74 Å². The molecule has 0 saturated carbocycles. The van der Waals surface area contributed by atoms with E-state index in [1.54, 1.807) is 31.2 Å². The number of imide groups is 1. The van der Waals surface area contributed by atoms with Gasteiger partial charge in [-0.15, -0.1) is 0 Å². The van der Waals surface area contributed by atoms with Crippen molar-refractivity contribution in [2.45, 2.75) is 26.4 Å². The van der Waals surface area contributed by atoms with Crippen LogP contribution in [0.5, 0.6) is 0 Å². The van der Waals surface area contributed by atoms with Crippen LogP contribution in [0, 0.1) is 5.82 Å². The van der Waals surface area contributed by atoms with Gasteiger partial charge in [-0.1, -0.05) is 24.3 Å². The molecular weight excluding hydrogens is 391 g/mol. The average molecular weight is 412 g/mol. The molecule has 3 amide bonds. The largest absolute Gasteiger partial charge is 0.454 e. The molecular formula is C22H21FN2O5. The fourth-order valence-electron chi connectivity index (χ4n) is 3.24. The summed E-state index contributed by atoms with van der Waals surface area (Å²) in [7, 11) is 0. The third-order valence-corrected chi connectivity index (χ3v) is 4.89. The SMILES string of the molecule is CCN(Cc1cccc(F)c1)C(=O)COC(=O)[C@@H](C)N1C(=O)c2ccccc2C1=O. The van der Waals surface area contributed by atoms with Crippen molar-refractivity contribution in [3.63, 3.8) is 0 Å². The quantitative estimate of drug-likeness (QED) is 0.515. The number of carbonyl (C=O) groups is 4. The summed E-state index contributed by atoms with van der Waals surface area (Å²) in [5, 5.41) is 0. The molecule has 0 saturated heterocycles. The summed E-state index contributed by atoms with van der Waals surface area (Å²) in [6, 6.07) is 11.0. The fraction of sp³-hybridized carbons (Fsp3) is 0.273. The molecule has 0 fully saturated rings. The molecule has 0 radical (unpaired) electrons. The van der Waals surface area contributed by atoms with Gasteiger partial charge in [0.15, 0.2) is 6.61 Å². The maximum absolute atomic E-state index is 13.3. The number of carbonyl (C=O) groups excluding carboxylic acids is 4. The van der Waals surface area contributed by atoms with Crippen molar-refractivity contribution in [3.8, 4) is 0 Å². The number of nitrogens with zero attached hydrogens (tertiary/aromatic N) is 2. The van der Waals surface area contributed by atoms with Crippen LogP contribution in [0.25, 0.3) is 0 Å². The minimum atomic E-state index is -1.18. The third kappa shape index (κ3) is 4.22. The first kappa shape index (κ1) is 21.2. The Morgan fingerprint density at radius 2 is 1.70 bits per heavy atom. The zero-order chi connectivity index (χ0) is 21.8. The van der Waals surface area contributed by atoms with Crippen LogP contribution in [0.4, 0.5) is 4.39 Å². The van der Waals surface area contributed by atoms with Crippen molar-refractivity contribution < 1.29 is 28.3 Å². The number of fused-ring (bicyclic) bond motifs is 1. The van der Waals surface area contributed by atoms with Crippen molar-refractivity contribution in [1.29, 1.82) is 0 Å². The summed E-state index contributed by atoms with van der Waals surface area (Å²) in [6.07, 6.45) is 0. The van der Waals surface area contributed by atoms with E-state index in [1.165, 1.54) is 36.1 Å². The maximum atomic E-state index is 13.3. The second-order valence-electron chi connectivity index (χ2n) is 6.85. The van der Waals surface area contributed by atoms with E-state index in [1.807, 2.05) is 0 Å². The number of benzene rings is 2. The van der Waals surface area contributed by atoms with Crippen molar-refractivity contribution in [2.24, 2.45) is 0 Å². The lowest BCUT2D eigenvalue weighted by Gasteiger charge is -2.23. The fourth-order valence-corrected chi connectivity index (χ4v) is 3.24. The monoisotopic (exact) mass is 412 g/mol. The van der Waals surface area contributed by atoms with Gasteiger partial charge in [-0.2, -0.15) is 0 Å². The average Bonchev–Trinajstić information content (AvgIpc) is 3.00. The van der Waals surface area contributed by atoms with E-state index in [9.17, 15) is 23.6 Å². The zero-order valence-corrected chi connectivity index (χ0v) is 16.6. The normalized spacial score (nSPS) is 13.8. The van der Waals surface area contributed by atoms with E-state index in [0.29, 0.717) is 12.1 Å². The minimum absolute atomic E-state index is 0.165. The molecule has 2 aromatic rings. The minimum Gasteiger partial charge on any atom is -0.454 e. The second kappa shape index (κ2) is 8.86. The Hall–Kier alpha value is -3.55. The number of rotatable bonds is 7. The van der Waals surface area contributed by atoms with Gasteiger partial charge in [-0.3, -0.25) is 19.3 Å². The Morgan fingerprint density at radius 1 is 1.07 bits per heavy atom. The Kier molecular flexibility index (Phi) is 6.25. The predicted molar refractivity (Wildman–Crippen MR) is 105 cm³/mol. The van der Waals surface area contributed by atoms with Gasteiger partial charge in [-0.05, 0) is 43.7 Å². The Balaban J connectivity index is 1.60. The van der Waals surface area contributed by atoms with E-state index in [2.05, 4.69) is 0 Å². The summed E-state index contributed by atoms with van der Waals surface area (Å²) < 4.78 is 18.4. The summed E-state index contributed by atoms with van der Waals surface area (Å²) in [5.41, 5.74) is 1.06. The van der Waals surface area contributed by atoms with Crippen molar-refractivity contribution in [3.05, 3.63) is 71.0 Å². The van der Waals surface area contributed by atoms with Gasteiger partial charge in [0.1, 0.15) is 11.9 Å². The Labute approximate surface area is 173 Å². The van der Waals surface area contributed by atoms with E-state index >= 15 is 0 Å². The Bertz CT molecular complexity index is 972. The molecule has 0 spiro atoms. The molecule has 7 nitrogen and oxygen atoms in total. The first-order chi connectivity index (χ1) is 14.3.